The first-order valence-electron chi connectivity index (χ1n) is 8.47. The molecule has 2 heterocycles. The second-order valence-corrected chi connectivity index (χ2v) is 6.27. The Kier molecular flexibility index (Phi) is 4.05. The average Bonchev–Trinajstić information content (AvgIpc) is 3.03. The van der Waals surface area contributed by atoms with Crippen molar-refractivity contribution >= 4 is 17.3 Å². The lowest BCUT2D eigenvalue weighted by molar-refractivity contribution is 0.415. The Morgan fingerprint density at radius 3 is 2.62 bits per heavy atom. The highest BCUT2D eigenvalue weighted by atomic mass is 16.5. The van der Waals surface area contributed by atoms with Crippen molar-refractivity contribution in [1.29, 1.82) is 0 Å². The van der Waals surface area contributed by atoms with Gasteiger partial charge in [0.1, 0.15) is 17.3 Å². The van der Waals surface area contributed by atoms with Crippen LogP contribution in [0.5, 0.6) is 5.75 Å². The molecular formula is C21H20N4O. The van der Waals surface area contributed by atoms with Crippen molar-refractivity contribution in [3.8, 4) is 17.0 Å². The highest BCUT2D eigenvalue weighted by Gasteiger charge is 2.16. The molecule has 0 aliphatic heterocycles. The Labute approximate surface area is 152 Å². The van der Waals surface area contributed by atoms with Crippen LogP contribution >= 0.6 is 0 Å². The SMILES string of the molecule is COc1ccc(-c2nc3ncccn3c2Nc2cc(C)ccc2C)cc1. The summed E-state index contributed by atoms with van der Waals surface area (Å²) in [6.45, 7) is 4.18. The summed E-state index contributed by atoms with van der Waals surface area (Å²) in [4.78, 5) is 9.13. The number of rotatable bonds is 4. The summed E-state index contributed by atoms with van der Waals surface area (Å²) < 4.78 is 7.24. The zero-order chi connectivity index (χ0) is 18.1. The number of aromatic nitrogens is 3. The lowest BCUT2D eigenvalue weighted by Gasteiger charge is -2.12. The van der Waals surface area contributed by atoms with Crippen molar-refractivity contribution in [3.05, 3.63) is 72.1 Å². The number of anilines is 2. The first-order chi connectivity index (χ1) is 12.7. The number of benzene rings is 2. The Hall–Kier alpha value is -3.34. The van der Waals surface area contributed by atoms with E-state index in [-0.39, 0.29) is 0 Å². The molecule has 0 saturated carbocycles. The van der Waals surface area contributed by atoms with Crippen LogP contribution in [0.1, 0.15) is 11.1 Å². The molecule has 2 aromatic carbocycles. The highest BCUT2D eigenvalue weighted by Crippen LogP contribution is 2.32. The molecular weight excluding hydrogens is 324 g/mol. The molecule has 4 aromatic rings. The Morgan fingerprint density at radius 2 is 1.85 bits per heavy atom. The number of nitrogens with zero attached hydrogens (tertiary/aromatic N) is 3. The van der Waals surface area contributed by atoms with Gasteiger partial charge in [0, 0.05) is 23.6 Å². The molecule has 0 amide bonds. The standard InChI is InChI=1S/C21H20N4O/c1-14-5-6-15(2)18(13-14)23-20-19(16-7-9-17(26-3)10-8-16)24-21-22-11-4-12-25(20)21/h4-13,23H,1-3H3. The van der Waals surface area contributed by atoms with E-state index >= 15 is 0 Å². The topological polar surface area (TPSA) is 51.5 Å². The van der Waals surface area contributed by atoms with Gasteiger partial charge in [-0.05, 0) is 61.4 Å². The zero-order valence-corrected chi connectivity index (χ0v) is 15.0. The van der Waals surface area contributed by atoms with Crippen LogP contribution < -0.4 is 10.1 Å². The molecule has 0 spiro atoms. The molecule has 0 radical (unpaired) electrons. The lowest BCUT2D eigenvalue weighted by Crippen LogP contribution is -1.99. The minimum atomic E-state index is 0.658. The van der Waals surface area contributed by atoms with Gasteiger partial charge >= 0.3 is 0 Å². The van der Waals surface area contributed by atoms with E-state index in [1.807, 2.05) is 40.9 Å². The third-order valence-electron chi connectivity index (χ3n) is 4.41. The molecule has 26 heavy (non-hydrogen) atoms. The van der Waals surface area contributed by atoms with Crippen molar-refractivity contribution in [2.75, 3.05) is 12.4 Å². The maximum atomic E-state index is 5.27. The van der Waals surface area contributed by atoms with Gasteiger partial charge in [-0.25, -0.2) is 9.97 Å². The monoisotopic (exact) mass is 344 g/mol. The van der Waals surface area contributed by atoms with Gasteiger partial charge in [0.25, 0.3) is 0 Å². The second-order valence-electron chi connectivity index (χ2n) is 6.27. The third-order valence-corrected chi connectivity index (χ3v) is 4.41. The van der Waals surface area contributed by atoms with Crippen LogP contribution in [0.3, 0.4) is 0 Å². The maximum absolute atomic E-state index is 5.27. The summed E-state index contributed by atoms with van der Waals surface area (Å²) in [6.07, 6.45) is 3.72. The minimum Gasteiger partial charge on any atom is -0.497 e. The normalized spacial score (nSPS) is 10.9. The van der Waals surface area contributed by atoms with Gasteiger partial charge in [-0.1, -0.05) is 12.1 Å². The number of ether oxygens (including phenoxy) is 1. The van der Waals surface area contributed by atoms with E-state index < -0.39 is 0 Å². The molecule has 2 aromatic heterocycles. The fourth-order valence-corrected chi connectivity index (χ4v) is 2.96. The molecule has 0 unspecified atom stereocenters. The Balaban J connectivity index is 1.87. The summed E-state index contributed by atoms with van der Waals surface area (Å²) in [6, 6.07) is 16.2. The van der Waals surface area contributed by atoms with Crippen molar-refractivity contribution in [2.45, 2.75) is 13.8 Å². The average molecular weight is 344 g/mol. The maximum Gasteiger partial charge on any atom is 0.235 e. The predicted octanol–water partition coefficient (Wildman–Crippen LogP) is 4.77. The van der Waals surface area contributed by atoms with E-state index in [0.717, 1.165) is 28.5 Å². The van der Waals surface area contributed by atoms with Crippen LogP contribution in [-0.2, 0) is 0 Å². The molecule has 0 saturated heterocycles. The van der Waals surface area contributed by atoms with Crippen LogP contribution in [0.4, 0.5) is 11.5 Å². The van der Waals surface area contributed by atoms with Crippen LogP contribution in [0.2, 0.25) is 0 Å². The number of fused-ring (bicyclic) bond motifs is 1. The molecule has 0 aliphatic carbocycles. The number of aryl methyl sites for hydroxylation is 2. The molecule has 0 atom stereocenters. The van der Waals surface area contributed by atoms with Gasteiger partial charge in [-0.3, -0.25) is 4.40 Å². The summed E-state index contributed by atoms with van der Waals surface area (Å²) in [5.74, 6) is 2.37. The number of hydrogen-bond acceptors (Lipinski definition) is 4. The summed E-state index contributed by atoms with van der Waals surface area (Å²) in [7, 11) is 1.66. The quantitative estimate of drug-likeness (QED) is 0.580. The first kappa shape index (κ1) is 16.1. The molecule has 0 aliphatic rings. The fraction of sp³-hybridized carbons (Fsp3) is 0.143. The summed E-state index contributed by atoms with van der Waals surface area (Å²) >= 11 is 0. The van der Waals surface area contributed by atoms with Gasteiger partial charge in [0.15, 0.2) is 0 Å². The van der Waals surface area contributed by atoms with Crippen molar-refractivity contribution in [1.82, 2.24) is 14.4 Å². The van der Waals surface area contributed by atoms with Gasteiger partial charge in [0.05, 0.1) is 7.11 Å². The number of nitrogens with one attached hydrogen (secondary N) is 1. The van der Waals surface area contributed by atoms with Crippen LogP contribution in [0.15, 0.2) is 60.9 Å². The largest absolute Gasteiger partial charge is 0.497 e. The van der Waals surface area contributed by atoms with Gasteiger partial charge < -0.3 is 10.1 Å². The number of hydrogen-bond donors (Lipinski definition) is 1. The fourth-order valence-electron chi connectivity index (χ4n) is 2.96. The lowest BCUT2D eigenvalue weighted by atomic mass is 10.1. The summed E-state index contributed by atoms with van der Waals surface area (Å²) in [5.41, 5.74) is 5.30. The van der Waals surface area contributed by atoms with Crippen molar-refractivity contribution in [3.63, 3.8) is 0 Å². The molecule has 0 bridgehead atoms. The Morgan fingerprint density at radius 1 is 1.04 bits per heavy atom. The third kappa shape index (κ3) is 2.88. The van der Waals surface area contributed by atoms with Crippen molar-refractivity contribution < 1.29 is 4.74 Å². The van der Waals surface area contributed by atoms with Crippen LogP contribution in [0.25, 0.3) is 17.0 Å². The van der Waals surface area contributed by atoms with E-state index in [1.165, 1.54) is 11.1 Å². The van der Waals surface area contributed by atoms with E-state index in [4.69, 9.17) is 9.72 Å². The number of methoxy groups -OCH3 is 1. The van der Waals surface area contributed by atoms with Gasteiger partial charge in [0.2, 0.25) is 5.78 Å². The van der Waals surface area contributed by atoms with E-state index in [2.05, 4.69) is 42.3 Å². The minimum absolute atomic E-state index is 0.658. The summed E-state index contributed by atoms with van der Waals surface area (Å²) in [5, 5.41) is 3.56. The molecule has 5 heteroatoms. The first-order valence-corrected chi connectivity index (χ1v) is 8.47. The predicted molar refractivity (Wildman–Crippen MR) is 104 cm³/mol. The molecule has 0 fully saturated rings. The Bertz CT molecular complexity index is 1070. The van der Waals surface area contributed by atoms with Crippen LogP contribution in [-0.4, -0.2) is 21.5 Å². The van der Waals surface area contributed by atoms with E-state index in [1.54, 1.807) is 13.3 Å². The zero-order valence-electron chi connectivity index (χ0n) is 15.0. The van der Waals surface area contributed by atoms with E-state index in [9.17, 15) is 0 Å². The van der Waals surface area contributed by atoms with Crippen LogP contribution in [0, 0.1) is 13.8 Å². The smallest absolute Gasteiger partial charge is 0.235 e. The van der Waals surface area contributed by atoms with Crippen molar-refractivity contribution in [2.24, 2.45) is 0 Å². The second kappa shape index (κ2) is 6.52. The van der Waals surface area contributed by atoms with Gasteiger partial charge in [-0.15, -0.1) is 0 Å². The van der Waals surface area contributed by atoms with Gasteiger partial charge in [-0.2, -0.15) is 0 Å². The molecule has 5 nitrogen and oxygen atoms in total. The highest BCUT2D eigenvalue weighted by molar-refractivity contribution is 5.79. The molecule has 1 N–H and O–H groups in total. The number of imidazole rings is 1. The van der Waals surface area contributed by atoms with E-state index in [0.29, 0.717) is 5.78 Å². The molecule has 130 valence electrons. The molecule has 4 rings (SSSR count).